The van der Waals surface area contributed by atoms with Crippen LogP contribution in [0.25, 0.3) is 0 Å². The smallest absolute Gasteiger partial charge is 0.267 e. The summed E-state index contributed by atoms with van der Waals surface area (Å²) < 4.78 is 26.1. The molecule has 0 saturated carbocycles. The van der Waals surface area contributed by atoms with Crippen LogP contribution in [0.3, 0.4) is 0 Å². The molecule has 0 aliphatic heterocycles. The molecule has 1 aromatic carbocycles. The average Bonchev–Trinajstić information content (AvgIpc) is 2.90. The Morgan fingerprint density at radius 1 is 1.15 bits per heavy atom. The van der Waals surface area contributed by atoms with Crippen molar-refractivity contribution in [1.29, 1.82) is 0 Å². The predicted molar refractivity (Wildman–Crippen MR) is 78.8 cm³/mol. The number of nitrogens with zero attached hydrogens (tertiary/aromatic N) is 1. The molecule has 1 atom stereocenters. The SMILES string of the molecule is O=C1c2cn(S(=O)(=O)c3ccccc3)cc2CCC1Br. The van der Waals surface area contributed by atoms with Gasteiger partial charge in [-0.15, -0.1) is 0 Å². The number of carbonyl (C=O) groups is 1. The number of hydrogen-bond acceptors (Lipinski definition) is 3. The Labute approximate surface area is 125 Å². The summed E-state index contributed by atoms with van der Waals surface area (Å²) in [5.74, 6) is -0.0479. The van der Waals surface area contributed by atoms with Crippen LogP contribution in [0.15, 0.2) is 47.6 Å². The minimum atomic E-state index is -3.62. The second-order valence-electron chi connectivity index (χ2n) is 4.72. The number of carbonyl (C=O) groups excluding carboxylic acids is 1. The van der Waals surface area contributed by atoms with Crippen molar-refractivity contribution in [3.8, 4) is 0 Å². The summed E-state index contributed by atoms with van der Waals surface area (Å²) >= 11 is 3.32. The molecule has 4 nitrogen and oxygen atoms in total. The molecule has 20 heavy (non-hydrogen) atoms. The van der Waals surface area contributed by atoms with Crippen LogP contribution in [-0.4, -0.2) is 23.0 Å². The van der Waals surface area contributed by atoms with Crippen molar-refractivity contribution < 1.29 is 13.2 Å². The average molecular weight is 354 g/mol. The van der Waals surface area contributed by atoms with E-state index in [1.807, 2.05) is 0 Å². The third-order valence-corrected chi connectivity index (χ3v) is 5.93. The Morgan fingerprint density at radius 2 is 1.85 bits per heavy atom. The highest BCUT2D eigenvalue weighted by Crippen LogP contribution is 2.28. The zero-order valence-electron chi connectivity index (χ0n) is 10.5. The van der Waals surface area contributed by atoms with Gasteiger partial charge in [-0.25, -0.2) is 12.4 Å². The van der Waals surface area contributed by atoms with Crippen molar-refractivity contribution in [2.24, 2.45) is 0 Å². The highest BCUT2D eigenvalue weighted by atomic mass is 79.9. The first-order chi connectivity index (χ1) is 9.50. The van der Waals surface area contributed by atoms with E-state index < -0.39 is 10.0 Å². The lowest BCUT2D eigenvalue weighted by Crippen LogP contribution is -2.20. The van der Waals surface area contributed by atoms with Crippen molar-refractivity contribution in [3.05, 3.63) is 53.9 Å². The Hall–Kier alpha value is -1.40. The molecule has 1 heterocycles. The number of halogens is 1. The largest absolute Gasteiger partial charge is 0.293 e. The summed E-state index contributed by atoms with van der Waals surface area (Å²) in [7, 11) is -3.62. The highest BCUT2D eigenvalue weighted by molar-refractivity contribution is 9.10. The minimum Gasteiger partial charge on any atom is -0.293 e. The molecule has 104 valence electrons. The van der Waals surface area contributed by atoms with Gasteiger partial charge < -0.3 is 0 Å². The topological polar surface area (TPSA) is 56.1 Å². The molecule has 1 unspecified atom stereocenters. The zero-order chi connectivity index (χ0) is 14.3. The standard InChI is InChI=1S/C14H12BrNO3S/c15-13-7-6-10-8-16(9-12(10)14(13)17)20(18,19)11-4-2-1-3-5-11/h1-5,8-9,13H,6-7H2. The number of hydrogen-bond donors (Lipinski definition) is 0. The molecule has 0 fully saturated rings. The van der Waals surface area contributed by atoms with Crippen molar-refractivity contribution in [1.82, 2.24) is 3.97 Å². The van der Waals surface area contributed by atoms with Crippen LogP contribution in [0.4, 0.5) is 0 Å². The number of aromatic nitrogens is 1. The molecule has 0 amide bonds. The van der Waals surface area contributed by atoms with Gasteiger partial charge in [0.1, 0.15) is 0 Å². The van der Waals surface area contributed by atoms with Crippen molar-refractivity contribution in [2.75, 3.05) is 0 Å². The van der Waals surface area contributed by atoms with E-state index in [0.29, 0.717) is 18.4 Å². The number of fused-ring (bicyclic) bond motifs is 1. The lowest BCUT2D eigenvalue weighted by molar-refractivity contribution is 0.0982. The summed E-state index contributed by atoms with van der Waals surface area (Å²) in [5.41, 5.74) is 1.29. The van der Waals surface area contributed by atoms with Crippen LogP contribution < -0.4 is 0 Å². The molecular weight excluding hydrogens is 342 g/mol. The van der Waals surface area contributed by atoms with Gasteiger partial charge in [-0.3, -0.25) is 4.79 Å². The first-order valence-electron chi connectivity index (χ1n) is 6.20. The van der Waals surface area contributed by atoms with Gasteiger partial charge in [0.25, 0.3) is 10.0 Å². The Balaban J connectivity index is 2.09. The van der Waals surface area contributed by atoms with Gasteiger partial charge in [-0.05, 0) is 30.5 Å². The summed E-state index contributed by atoms with van der Waals surface area (Å²) in [6, 6.07) is 8.21. The number of alkyl halides is 1. The predicted octanol–water partition coefficient (Wildman–Crippen LogP) is 2.62. The summed E-state index contributed by atoms with van der Waals surface area (Å²) in [6.45, 7) is 0. The molecule has 3 rings (SSSR count). The molecule has 0 spiro atoms. The Kier molecular flexibility index (Phi) is 3.30. The second-order valence-corrected chi connectivity index (χ2v) is 7.66. The third kappa shape index (κ3) is 2.13. The highest BCUT2D eigenvalue weighted by Gasteiger charge is 2.29. The van der Waals surface area contributed by atoms with Gasteiger partial charge in [0.2, 0.25) is 0 Å². The van der Waals surface area contributed by atoms with Gasteiger partial charge in [-0.2, -0.15) is 0 Å². The molecule has 0 saturated heterocycles. The van der Waals surface area contributed by atoms with Crippen molar-refractivity contribution in [3.63, 3.8) is 0 Å². The molecule has 1 aromatic heterocycles. The normalized spacial score (nSPS) is 18.9. The van der Waals surface area contributed by atoms with Crippen LogP contribution in [0.5, 0.6) is 0 Å². The molecule has 6 heteroatoms. The van der Waals surface area contributed by atoms with Crippen LogP contribution in [-0.2, 0) is 16.4 Å². The van der Waals surface area contributed by atoms with Gasteiger partial charge in [0.15, 0.2) is 5.78 Å². The van der Waals surface area contributed by atoms with E-state index in [1.54, 1.807) is 36.5 Å². The fourth-order valence-electron chi connectivity index (χ4n) is 2.33. The van der Waals surface area contributed by atoms with E-state index >= 15 is 0 Å². The molecule has 0 bridgehead atoms. The van der Waals surface area contributed by atoms with E-state index in [4.69, 9.17) is 0 Å². The summed E-state index contributed by atoms with van der Waals surface area (Å²) in [6.07, 6.45) is 4.37. The fraction of sp³-hybridized carbons (Fsp3) is 0.214. The maximum absolute atomic E-state index is 12.5. The van der Waals surface area contributed by atoms with E-state index in [0.717, 1.165) is 9.54 Å². The summed E-state index contributed by atoms with van der Waals surface area (Å²) in [4.78, 5) is 12.0. The molecular formula is C14H12BrNO3S. The van der Waals surface area contributed by atoms with Crippen molar-refractivity contribution in [2.45, 2.75) is 22.6 Å². The number of benzene rings is 1. The minimum absolute atomic E-state index is 0.0479. The molecule has 2 aromatic rings. The number of aryl methyl sites for hydroxylation is 1. The number of rotatable bonds is 2. The monoisotopic (exact) mass is 353 g/mol. The quantitative estimate of drug-likeness (QED) is 0.779. The Morgan fingerprint density at radius 3 is 2.55 bits per heavy atom. The van der Waals surface area contributed by atoms with Gasteiger partial charge in [-0.1, -0.05) is 34.1 Å². The van der Waals surface area contributed by atoms with Crippen molar-refractivity contribution >= 4 is 31.7 Å². The lowest BCUT2D eigenvalue weighted by Gasteiger charge is -2.14. The molecule has 0 N–H and O–H groups in total. The van der Waals surface area contributed by atoms with Crippen LogP contribution in [0.1, 0.15) is 22.3 Å². The first kappa shape index (κ1) is 13.6. The number of ketones is 1. The molecule has 1 aliphatic carbocycles. The molecule has 0 radical (unpaired) electrons. The maximum atomic E-state index is 12.5. The molecule has 1 aliphatic rings. The van der Waals surface area contributed by atoms with Crippen LogP contribution in [0, 0.1) is 0 Å². The van der Waals surface area contributed by atoms with Gasteiger partial charge >= 0.3 is 0 Å². The first-order valence-corrected chi connectivity index (χ1v) is 8.55. The lowest BCUT2D eigenvalue weighted by atomic mass is 9.95. The van der Waals surface area contributed by atoms with Crippen LogP contribution >= 0.6 is 15.9 Å². The van der Waals surface area contributed by atoms with E-state index in [1.165, 1.54) is 6.20 Å². The zero-order valence-corrected chi connectivity index (χ0v) is 12.9. The maximum Gasteiger partial charge on any atom is 0.267 e. The third-order valence-electron chi connectivity index (χ3n) is 3.42. The Bertz CT molecular complexity index is 765. The van der Waals surface area contributed by atoms with E-state index in [2.05, 4.69) is 15.9 Å². The fourth-order valence-corrected chi connectivity index (χ4v) is 4.06. The van der Waals surface area contributed by atoms with Gasteiger partial charge in [0, 0.05) is 18.0 Å². The second kappa shape index (κ2) is 4.86. The van der Waals surface area contributed by atoms with E-state index in [9.17, 15) is 13.2 Å². The van der Waals surface area contributed by atoms with E-state index in [-0.39, 0.29) is 15.5 Å². The summed E-state index contributed by atoms with van der Waals surface area (Å²) in [5, 5.41) is 0. The number of Topliss-reactive ketones (excluding diaryl/α,β-unsaturated/α-hetero) is 1. The van der Waals surface area contributed by atoms with Gasteiger partial charge in [0.05, 0.1) is 9.72 Å². The van der Waals surface area contributed by atoms with Crippen LogP contribution in [0.2, 0.25) is 0 Å².